The first-order valence-corrected chi connectivity index (χ1v) is 7.48. The first kappa shape index (κ1) is 14.2. The summed E-state index contributed by atoms with van der Waals surface area (Å²) < 4.78 is 7.23. The summed E-state index contributed by atoms with van der Waals surface area (Å²) in [6.45, 7) is 8.19. The molecule has 0 spiro atoms. The summed E-state index contributed by atoms with van der Waals surface area (Å²) in [7, 11) is 1.89. The number of piperazine rings is 1. The molecule has 0 saturated carbocycles. The molecule has 1 aliphatic heterocycles. The fourth-order valence-corrected chi connectivity index (χ4v) is 2.88. The van der Waals surface area contributed by atoms with Gasteiger partial charge < -0.3 is 9.84 Å². The molecule has 3 heterocycles. The van der Waals surface area contributed by atoms with Crippen LogP contribution in [0.4, 0.5) is 0 Å². The van der Waals surface area contributed by atoms with Gasteiger partial charge in [-0.25, -0.2) is 0 Å². The predicted molar refractivity (Wildman–Crippen MR) is 78.7 cm³/mol. The van der Waals surface area contributed by atoms with E-state index in [1.54, 1.807) is 4.68 Å². The van der Waals surface area contributed by atoms with Gasteiger partial charge in [-0.05, 0) is 19.4 Å². The van der Waals surface area contributed by atoms with E-state index < -0.39 is 0 Å². The molecule has 0 amide bonds. The van der Waals surface area contributed by atoms with Crippen LogP contribution < -0.4 is 5.32 Å². The van der Waals surface area contributed by atoms with E-state index in [-0.39, 0.29) is 6.04 Å². The summed E-state index contributed by atoms with van der Waals surface area (Å²) in [6.07, 6.45) is 0.976. The molecule has 2 aromatic heterocycles. The number of nitrogens with one attached hydrogen (secondary N) is 1. The van der Waals surface area contributed by atoms with Crippen molar-refractivity contribution in [3.8, 4) is 11.6 Å². The van der Waals surface area contributed by atoms with Crippen LogP contribution in [-0.4, -0.2) is 51.0 Å². The van der Waals surface area contributed by atoms with Crippen LogP contribution in [0.2, 0.25) is 0 Å². The molecule has 0 aliphatic carbocycles. The Kier molecular flexibility index (Phi) is 4.03. The minimum atomic E-state index is 0.221. The lowest BCUT2D eigenvalue weighted by Crippen LogP contribution is -2.45. The minimum Gasteiger partial charge on any atom is -0.332 e. The molecule has 7 heteroatoms. The lowest BCUT2D eigenvalue weighted by Gasteiger charge is -2.32. The molecule has 3 rings (SSSR count). The lowest BCUT2D eigenvalue weighted by atomic mass is 10.1. The number of rotatable bonds is 4. The van der Waals surface area contributed by atoms with Gasteiger partial charge in [-0.3, -0.25) is 9.58 Å². The average molecular weight is 290 g/mol. The molecule has 0 radical (unpaired) electrons. The van der Waals surface area contributed by atoms with Crippen molar-refractivity contribution >= 4 is 0 Å². The topological polar surface area (TPSA) is 72.0 Å². The van der Waals surface area contributed by atoms with Gasteiger partial charge in [0.05, 0.1) is 11.7 Å². The van der Waals surface area contributed by atoms with E-state index in [0.717, 1.165) is 49.8 Å². The number of hydrogen-bond donors (Lipinski definition) is 1. The highest BCUT2D eigenvalue weighted by Gasteiger charge is 2.25. The molecule has 1 N–H and O–H groups in total. The van der Waals surface area contributed by atoms with Gasteiger partial charge in [0.2, 0.25) is 0 Å². The highest BCUT2D eigenvalue weighted by Crippen LogP contribution is 2.25. The summed E-state index contributed by atoms with van der Waals surface area (Å²) in [6, 6.07) is 2.18. The van der Waals surface area contributed by atoms with Crippen molar-refractivity contribution in [3.63, 3.8) is 0 Å². The third-order valence-electron chi connectivity index (χ3n) is 3.94. The van der Waals surface area contributed by atoms with Crippen molar-refractivity contribution in [1.29, 1.82) is 0 Å². The van der Waals surface area contributed by atoms with E-state index in [2.05, 4.69) is 32.4 Å². The summed E-state index contributed by atoms with van der Waals surface area (Å²) >= 11 is 0. The number of nitrogens with zero attached hydrogens (tertiary/aromatic N) is 5. The molecule has 0 aromatic carbocycles. The van der Waals surface area contributed by atoms with Crippen molar-refractivity contribution in [3.05, 3.63) is 17.6 Å². The van der Waals surface area contributed by atoms with Gasteiger partial charge in [0.15, 0.2) is 5.82 Å². The van der Waals surface area contributed by atoms with Gasteiger partial charge >= 0.3 is 0 Å². The molecule has 1 saturated heterocycles. The Morgan fingerprint density at radius 3 is 2.76 bits per heavy atom. The van der Waals surface area contributed by atoms with Crippen LogP contribution in [0.25, 0.3) is 11.6 Å². The Bertz CT molecular complexity index is 598. The quantitative estimate of drug-likeness (QED) is 0.910. The van der Waals surface area contributed by atoms with E-state index in [0.29, 0.717) is 5.89 Å². The van der Waals surface area contributed by atoms with Gasteiger partial charge in [-0.15, -0.1) is 0 Å². The number of aryl methyl sites for hydroxylation is 2. The zero-order valence-corrected chi connectivity index (χ0v) is 12.8. The highest BCUT2D eigenvalue weighted by atomic mass is 16.5. The van der Waals surface area contributed by atoms with Crippen molar-refractivity contribution < 1.29 is 4.52 Å². The number of hydrogen-bond acceptors (Lipinski definition) is 6. The largest absolute Gasteiger partial charge is 0.332 e. The molecular formula is C14H22N6O. The predicted octanol–water partition coefficient (Wildman–Crippen LogP) is 1.13. The van der Waals surface area contributed by atoms with Crippen LogP contribution in [0.15, 0.2) is 10.6 Å². The van der Waals surface area contributed by atoms with E-state index >= 15 is 0 Å². The van der Waals surface area contributed by atoms with Crippen LogP contribution in [0.5, 0.6) is 0 Å². The highest BCUT2D eigenvalue weighted by molar-refractivity contribution is 5.47. The second-order valence-electron chi connectivity index (χ2n) is 5.46. The van der Waals surface area contributed by atoms with Crippen LogP contribution in [0.1, 0.15) is 30.9 Å². The van der Waals surface area contributed by atoms with Crippen LogP contribution in [-0.2, 0) is 7.05 Å². The van der Waals surface area contributed by atoms with Gasteiger partial charge in [-0.2, -0.15) is 10.1 Å². The Hall–Kier alpha value is -1.73. The molecule has 1 fully saturated rings. The maximum absolute atomic E-state index is 5.45. The first-order chi connectivity index (χ1) is 10.2. The summed E-state index contributed by atoms with van der Waals surface area (Å²) in [4.78, 5) is 7.02. The normalized spacial score (nSPS) is 18.0. The Balaban J connectivity index is 1.84. The molecular weight excluding hydrogens is 268 g/mol. The standard InChI is InChI=1S/C14H22N6O/c1-4-11(20-7-5-15-6-8-20)13-16-14(21-18-13)12-9-10(2)17-19(12)3/h9,11,15H,4-8H2,1-3H3. The van der Waals surface area contributed by atoms with Crippen molar-refractivity contribution in [2.45, 2.75) is 26.3 Å². The van der Waals surface area contributed by atoms with E-state index in [4.69, 9.17) is 4.52 Å². The summed E-state index contributed by atoms with van der Waals surface area (Å²) in [5, 5.41) is 11.9. The van der Waals surface area contributed by atoms with Crippen molar-refractivity contribution in [1.82, 2.24) is 30.1 Å². The average Bonchev–Trinajstić information content (AvgIpc) is 3.08. The van der Waals surface area contributed by atoms with Gasteiger partial charge in [0.25, 0.3) is 5.89 Å². The van der Waals surface area contributed by atoms with Crippen LogP contribution in [0, 0.1) is 6.92 Å². The Morgan fingerprint density at radius 1 is 1.38 bits per heavy atom. The molecule has 114 valence electrons. The third kappa shape index (κ3) is 2.84. The lowest BCUT2D eigenvalue weighted by molar-refractivity contribution is 0.160. The summed E-state index contributed by atoms with van der Waals surface area (Å²) in [5.41, 5.74) is 1.81. The minimum absolute atomic E-state index is 0.221. The molecule has 7 nitrogen and oxygen atoms in total. The maximum Gasteiger partial charge on any atom is 0.276 e. The van der Waals surface area contributed by atoms with Crippen LogP contribution >= 0.6 is 0 Å². The van der Waals surface area contributed by atoms with Gasteiger partial charge in [-0.1, -0.05) is 12.1 Å². The zero-order chi connectivity index (χ0) is 14.8. The Labute approximate surface area is 124 Å². The Morgan fingerprint density at radius 2 is 2.14 bits per heavy atom. The van der Waals surface area contributed by atoms with E-state index in [9.17, 15) is 0 Å². The molecule has 1 aliphatic rings. The first-order valence-electron chi connectivity index (χ1n) is 7.48. The van der Waals surface area contributed by atoms with Crippen LogP contribution in [0.3, 0.4) is 0 Å². The number of aromatic nitrogens is 4. The monoisotopic (exact) mass is 290 g/mol. The smallest absolute Gasteiger partial charge is 0.276 e. The molecule has 21 heavy (non-hydrogen) atoms. The van der Waals surface area contributed by atoms with E-state index in [1.165, 1.54) is 0 Å². The van der Waals surface area contributed by atoms with Crippen molar-refractivity contribution in [2.24, 2.45) is 7.05 Å². The molecule has 0 bridgehead atoms. The third-order valence-corrected chi connectivity index (χ3v) is 3.94. The second-order valence-corrected chi connectivity index (χ2v) is 5.46. The molecule has 1 atom stereocenters. The van der Waals surface area contributed by atoms with Gasteiger partial charge in [0.1, 0.15) is 5.69 Å². The fraction of sp³-hybridized carbons (Fsp3) is 0.643. The maximum atomic E-state index is 5.45. The van der Waals surface area contributed by atoms with E-state index in [1.807, 2.05) is 20.0 Å². The molecule has 1 unspecified atom stereocenters. The SMILES string of the molecule is CCC(c1noc(-c2cc(C)nn2C)n1)N1CCNCC1. The fourth-order valence-electron chi connectivity index (χ4n) is 2.88. The van der Waals surface area contributed by atoms with Gasteiger partial charge in [0, 0.05) is 33.2 Å². The van der Waals surface area contributed by atoms with Crippen molar-refractivity contribution in [2.75, 3.05) is 26.2 Å². The zero-order valence-electron chi connectivity index (χ0n) is 12.8. The molecule has 2 aromatic rings. The second kappa shape index (κ2) is 5.95. The summed E-state index contributed by atoms with van der Waals surface area (Å²) in [5.74, 6) is 1.31.